The number of carbonyl (C=O) groups is 2. The van der Waals surface area contributed by atoms with Crippen molar-refractivity contribution in [3.8, 4) is 5.75 Å². The Balaban J connectivity index is 1.87. The molecule has 0 saturated heterocycles. The largest absolute Gasteiger partial charge is 0.484 e. The van der Waals surface area contributed by atoms with Crippen molar-refractivity contribution in [2.45, 2.75) is 26.3 Å². The number of aliphatic carboxylic acids is 1. The molecular formula is C18H21NO4S. The van der Waals surface area contributed by atoms with Crippen molar-refractivity contribution in [1.29, 1.82) is 0 Å². The van der Waals surface area contributed by atoms with Gasteiger partial charge in [0.05, 0.1) is 12.5 Å². The summed E-state index contributed by atoms with van der Waals surface area (Å²) in [5.74, 6) is -0.243. The van der Waals surface area contributed by atoms with Gasteiger partial charge in [-0.2, -0.15) is 0 Å². The lowest BCUT2D eigenvalue weighted by Crippen LogP contribution is -2.34. The molecule has 24 heavy (non-hydrogen) atoms. The Kier molecular flexibility index (Phi) is 6.37. The van der Waals surface area contributed by atoms with E-state index in [0.29, 0.717) is 11.3 Å². The van der Waals surface area contributed by atoms with Gasteiger partial charge in [0.15, 0.2) is 6.61 Å². The molecule has 1 aromatic carbocycles. The zero-order chi connectivity index (χ0) is 17.5. The summed E-state index contributed by atoms with van der Waals surface area (Å²) < 4.78 is 5.47. The van der Waals surface area contributed by atoms with Crippen LogP contribution in [0.4, 0.5) is 0 Å². The normalized spacial score (nSPS) is 12.0. The van der Waals surface area contributed by atoms with E-state index in [1.165, 1.54) is 0 Å². The third-order valence-electron chi connectivity index (χ3n) is 3.48. The average molecular weight is 347 g/mol. The predicted octanol–water partition coefficient (Wildman–Crippen LogP) is 3.27. The lowest BCUT2D eigenvalue weighted by atomic mass is 10.0. The van der Waals surface area contributed by atoms with Gasteiger partial charge in [0.2, 0.25) is 0 Å². The highest BCUT2D eigenvalue weighted by Gasteiger charge is 2.19. The van der Waals surface area contributed by atoms with Crippen molar-refractivity contribution >= 4 is 23.2 Å². The van der Waals surface area contributed by atoms with E-state index in [1.807, 2.05) is 17.5 Å². The maximum atomic E-state index is 12.1. The number of amides is 1. The van der Waals surface area contributed by atoms with Crippen LogP contribution in [0.5, 0.6) is 5.75 Å². The van der Waals surface area contributed by atoms with Crippen LogP contribution in [0.1, 0.15) is 30.3 Å². The Labute approximate surface area is 145 Å². The summed E-state index contributed by atoms with van der Waals surface area (Å²) in [7, 11) is 0. The SMILES string of the molecule is CC(C)[C@H](NC(=O)COc1ccc(CC(=O)O)cc1)c1cccs1. The molecule has 128 valence electrons. The molecule has 2 rings (SSSR count). The van der Waals surface area contributed by atoms with Crippen LogP contribution in [0.15, 0.2) is 41.8 Å². The number of nitrogens with one attached hydrogen (secondary N) is 1. The second-order valence-corrected chi connectivity index (χ2v) is 6.79. The van der Waals surface area contributed by atoms with Gasteiger partial charge in [0.1, 0.15) is 5.75 Å². The Morgan fingerprint density at radius 3 is 2.46 bits per heavy atom. The van der Waals surface area contributed by atoms with Gasteiger partial charge >= 0.3 is 5.97 Å². The fraction of sp³-hybridized carbons (Fsp3) is 0.333. The number of carboxylic acids is 1. The van der Waals surface area contributed by atoms with Gasteiger partial charge in [0.25, 0.3) is 5.91 Å². The van der Waals surface area contributed by atoms with Crippen molar-refractivity contribution < 1.29 is 19.4 Å². The Morgan fingerprint density at radius 2 is 1.92 bits per heavy atom. The maximum Gasteiger partial charge on any atom is 0.307 e. The van der Waals surface area contributed by atoms with E-state index in [1.54, 1.807) is 35.6 Å². The van der Waals surface area contributed by atoms with E-state index in [0.717, 1.165) is 4.88 Å². The molecule has 0 radical (unpaired) electrons. The zero-order valence-electron chi connectivity index (χ0n) is 13.7. The minimum absolute atomic E-state index is 0.0287. The molecule has 1 aromatic heterocycles. The fourth-order valence-electron chi connectivity index (χ4n) is 2.28. The van der Waals surface area contributed by atoms with Crippen LogP contribution < -0.4 is 10.1 Å². The number of benzene rings is 1. The summed E-state index contributed by atoms with van der Waals surface area (Å²) >= 11 is 1.62. The molecule has 0 aliphatic carbocycles. The molecule has 0 spiro atoms. The highest BCUT2D eigenvalue weighted by molar-refractivity contribution is 7.10. The van der Waals surface area contributed by atoms with E-state index in [2.05, 4.69) is 19.2 Å². The van der Waals surface area contributed by atoms with Crippen LogP contribution >= 0.6 is 11.3 Å². The molecule has 0 aliphatic heterocycles. The topological polar surface area (TPSA) is 75.6 Å². The smallest absolute Gasteiger partial charge is 0.307 e. The van der Waals surface area contributed by atoms with Crippen LogP contribution in [-0.2, 0) is 16.0 Å². The van der Waals surface area contributed by atoms with Crippen molar-refractivity contribution in [3.63, 3.8) is 0 Å². The molecule has 1 heterocycles. The highest BCUT2D eigenvalue weighted by atomic mass is 32.1. The first-order valence-corrected chi connectivity index (χ1v) is 8.60. The molecule has 0 aliphatic rings. The Hall–Kier alpha value is -2.34. The number of thiophene rings is 1. The van der Waals surface area contributed by atoms with Crippen LogP contribution in [0.25, 0.3) is 0 Å². The molecule has 6 heteroatoms. The lowest BCUT2D eigenvalue weighted by molar-refractivity contribution is -0.136. The summed E-state index contributed by atoms with van der Waals surface area (Å²) in [6, 6.07) is 10.7. The summed E-state index contributed by atoms with van der Waals surface area (Å²) in [6.45, 7) is 4.05. The fourth-order valence-corrected chi connectivity index (χ4v) is 3.23. The van der Waals surface area contributed by atoms with Gasteiger partial charge in [-0.25, -0.2) is 0 Å². The lowest BCUT2D eigenvalue weighted by Gasteiger charge is -2.21. The monoisotopic (exact) mass is 347 g/mol. The van der Waals surface area contributed by atoms with Crippen LogP contribution in [0.2, 0.25) is 0 Å². The number of ether oxygens (including phenoxy) is 1. The second-order valence-electron chi connectivity index (χ2n) is 5.81. The number of hydrogen-bond donors (Lipinski definition) is 2. The zero-order valence-corrected chi connectivity index (χ0v) is 14.5. The summed E-state index contributed by atoms with van der Waals surface area (Å²) in [5.41, 5.74) is 0.692. The van der Waals surface area contributed by atoms with Gasteiger partial charge in [-0.1, -0.05) is 32.0 Å². The van der Waals surface area contributed by atoms with Gasteiger partial charge in [-0.3, -0.25) is 9.59 Å². The summed E-state index contributed by atoms with van der Waals surface area (Å²) in [6.07, 6.45) is -0.0301. The third kappa shape index (κ3) is 5.38. The average Bonchev–Trinajstić information content (AvgIpc) is 3.05. The first kappa shape index (κ1) is 18.0. The van der Waals surface area contributed by atoms with Crippen LogP contribution in [-0.4, -0.2) is 23.6 Å². The van der Waals surface area contributed by atoms with Crippen molar-refractivity contribution in [2.24, 2.45) is 5.92 Å². The van der Waals surface area contributed by atoms with E-state index in [4.69, 9.17) is 9.84 Å². The standard InChI is InChI=1S/C18H21NO4S/c1-12(2)18(15-4-3-9-24-15)19-16(20)11-23-14-7-5-13(6-8-14)10-17(21)22/h3-9,12,18H,10-11H2,1-2H3,(H,19,20)(H,21,22)/t18-/m0/s1. The summed E-state index contributed by atoms with van der Waals surface area (Å²) in [5, 5.41) is 13.7. The minimum Gasteiger partial charge on any atom is -0.484 e. The molecule has 1 amide bonds. The molecule has 5 nitrogen and oxygen atoms in total. The number of carbonyl (C=O) groups excluding carboxylic acids is 1. The maximum absolute atomic E-state index is 12.1. The number of carboxylic acid groups (broad SMARTS) is 1. The first-order valence-electron chi connectivity index (χ1n) is 7.72. The van der Waals surface area contributed by atoms with Crippen molar-refractivity contribution in [1.82, 2.24) is 5.32 Å². The molecule has 2 N–H and O–H groups in total. The van der Waals surface area contributed by atoms with Gasteiger partial charge in [0, 0.05) is 4.88 Å². The molecular weight excluding hydrogens is 326 g/mol. The van der Waals surface area contributed by atoms with Gasteiger partial charge in [-0.05, 0) is 35.1 Å². The van der Waals surface area contributed by atoms with Gasteiger partial charge in [-0.15, -0.1) is 11.3 Å². The van der Waals surface area contributed by atoms with E-state index in [-0.39, 0.29) is 30.9 Å². The van der Waals surface area contributed by atoms with E-state index < -0.39 is 5.97 Å². The number of hydrogen-bond acceptors (Lipinski definition) is 4. The Bertz CT molecular complexity index is 665. The molecule has 2 aromatic rings. The van der Waals surface area contributed by atoms with Crippen molar-refractivity contribution in [2.75, 3.05) is 6.61 Å². The third-order valence-corrected chi connectivity index (χ3v) is 4.44. The van der Waals surface area contributed by atoms with Crippen LogP contribution in [0, 0.1) is 5.92 Å². The highest BCUT2D eigenvalue weighted by Crippen LogP contribution is 2.25. The molecule has 0 fully saturated rings. The second kappa shape index (κ2) is 8.49. The molecule has 0 bridgehead atoms. The molecule has 0 saturated carbocycles. The number of rotatable bonds is 8. The minimum atomic E-state index is -0.878. The van der Waals surface area contributed by atoms with Crippen LogP contribution in [0.3, 0.4) is 0 Å². The molecule has 0 unspecified atom stereocenters. The quantitative estimate of drug-likeness (QED) is 0.768. The van der Waals surface area contributed by atoms with Crippen molar-refractivity contribution in [3.05, 3.63) is 52.2 Å². The van der Waals surface area contributed by atoms with Gasteiger partial charge < -0.3 is 15.2 Å². The predicted molar refractivity (Wildman–Crippen MR) is 93.3 cm³/mol. The van der Waals surface area contributed by atoms with E-state index >= 15 is 0 Å². The summed E-state index contributed by atoms with van der Waals surface area (Å²) in [4.78, 5) is 23.9. The Morgan fingerprint density at radius 1 is 1.21 bits per heavy atom. The molecule has 1 atom stereocenters. The first-order chi connectivity index (χ1) is 11.5. The van der Waals surface area contributed by atoms with E-state index in [9.17, 15) is 9.59 Å².